The number of anilines is 1. The van der Waals surface area contributed by atoms with Crippen molar-refractivity contribution in [3.8, 4) is 16.9 Å². The average molecular weight is 548 g/mol. The van der Waals surface area contributed by atoms with E-state index < -0.39 is 34.0 Å². The molecule has 1 heterocycles. The minimum atomic E-state index is -4.41. The van der Waals surface area contributed by atoms with Gasteiger partial charge in [-0.05, 0) is 65.9 Å². The molecule has 0 saturated carbocycles. The first kappa shape index (κ1) is 26.6. The predicted octanol–water partition coefficient (Wildman–Crippen LogP) is 5.66. The molecule has 0 radical (unpaired) electrons. The number of aromatic hydroxyl groups is 1. The van der Waals surface area contributed by atoms with Crippen LogP contribution in [0.4, 0.5) is 10.1 Å². The molecular formula is C30H26FNO6S. The molecule has 39 heavy (non-hydrogen) atoms. The number of amides is 1. The summed E-state index contributed by atoms with van der Waals surface area (Å²) in [4.78, 5) is 14.5. The number of aliphatic hydroxyl groups is 1. The molecule has 3 atom stereocenters. The summed E-state index contributed by atoms with van der Waals surface area (Å²) in [5.74, 6) is -1.43. The largest absolute Gasteiger partial charge is 0.508 e. The van der Waals surface area contributed by atoms with Gasteiger partial charge in [0.05, 0.1) is 23.0 Å². The Morgan fingerprint density at radius 2 is 1.59 bits per heavy atom. The first-order valence-corrected chi connectivity index (χ1v) is 13.8. The third-order valence-corrected chi connectivity index (χ3v) is 7.90. The summed E-state index contributed by atoms with van der Waals surface area (Å²) in [6.45, 7) is 0. The molecule has 1 aliphatic heterocycles. The van der Waals surface area contributed by atoms with Gasteiger partial charge in [-0.3, -0.25) is 9.35 Å². The van der Waals surface area contributed by atoms with Crippen molar-refractivity contribution in [3.05, 3.63) is 114 Å². The molecular weight excluding hydrogens is 521 g/mol. The quantitative estimate of drug-likeness (QED) is 0.194. The van der Waals surface area contributed by atoms with E-state index in [-0.39, 0.29) is 16.6 Å². The van der Waals surface area contributed by atoms with E-state index in [2.05, 4.69) is 0 Å². The third-order valence-electron chi connectivity index (χ3n) is 7.05. The maximum Gasteiger partial charge on any atom is 0.294 e. The van der Waals surface area contributed by atoms with E-state index in [0.717, 1.165) is 5.56 Å². The number of carbonyl (C=O) groups is 1. The molecule has 7 nitrogen and oxygen atoms in total. The molecule has 0 aliphatic carbocycles. The summed E-state index contributed by atoms with van der Waals surface area (Å²) in [5.41, 5.74) is 2.49. The number of phenols is 1. The van der Waals surface area contributed by atoms with E-state index in [9.17, 15) is 32.4 Å². The van der Waals surface area contributed by atoms with Gasteiger partial charge in [-0.1, -0.05) is 60.7 Å². The fourth-order valence-corrected chi connectivity index (χ4v) is 5.61. The van der Waals surface area contributed by atoms with Gasteiger partial charge >= 0.3 is 0 Å². The van der Waals surface area contributed by atoms with E-state index in [0.29, 0.717) is 35.2 Å². The molecule has 0 bridgehead atoms. The Kier molecular flexibility index (Phi) is 7.22. The van der Waals surface area contributed by atoms with Crippen LogP contribution in [-0.4, -0.2) is 29.1 Å². The lowest BCUT2D eigenvalue weighted by molar-refractivity contribution is -0.131. The van der Waals surface area contributed by atoms with Crippen LogP contribution in [0.3, 0.4) is 0 Å². The zero-order chi connectivity index (χ0) is 27.7. The maximum absolute atomic E-state index is 14.0. The normalized spacial score (nSPS) is 18.0. The Morgan fingerprint density at radius 1 is 0.872 bits per heavy atom. The summed E-state index contributed by atoms with van der Waals surface area (Å²) in [7, 11) is -4.41. The molecule has 1 aliphatic rings. The summed E-state index contributed by atoms with van der Waals surface area (Å²) in [6, 6.07) is 24.6. The average Bonchev–Trinajstić information content (AvgIpc) is 2.92. The van der Waals surface area contributed by atoms with Crippen LogP contribution >= 0.6 is 0 Å². The smallest absolute Gasteiger partial charge is 0.294 e. The Bertz CT molecular complexity index is 1630. The Labute approximate surface area is 225 Å². The number of rotatable bonds is 8. The van der Waals surface area contributed by atoms with Gasteiger partial charge in [0.1, 0.15) is 11.6 Å². The summed E-state index contributed by atoms with van der Waals surface area (Å²) < 4.78 is 46.5. The monoisotopic (exact) mass is 547 g/mol. The van der Waals surface area contributed by atoms with Crippen molar-refractivity contribution in [2.24, 2.45) is 5.92 Å². The van der Waals surface area contributed by atoms with Crippen LogP contribution in [0.5, 0.6) is 5.75 Å². The second-order valence-corrected chi connectivity index (χ2v) is 10.9. The molecule has 4 aromatic carbocycles. The zero-order valence-electron chi connectivity index (χ0n) is 20.7. The highest BCUT2D eigenvalue weighted by Gasteiger charge is 2.49. The first-order chi connectivity index (χ1) is 18.6. The van der Waals surface area contributed by atoms with Gasteiger partial charge in [0.15, 0.2) is 0 Å². The van der Waals surface area contributed by atoms with Crippen molar-refractivity contribution in [1.82, 2.24) is 0 Å². The lowest BCUT2D eigenvalue weighted by Gasteiger charge is -2.48. The molecule has 200 valence electrons. The van der Waals surface area contributed by atoms with Crippen molar-refractivity contribution >= 4 is 21.7 Å². The molecule has 5 rings (SSSR count). The molecule has 3 N–H and O–H groups in total. The van der Waals surface area contributed by atoms with E-state index in [1.165, 1.54) is 47.4 Å². The van der Waals surface area contributed by atoms with Crippen LogP contribution in [0.2, 0.25) is 0 Å². The van der Waals surface area contributed by atoms with Crippen molar-refractivity contribution in [2.45, 2.75) is 29.9 Å². The van der Waals surface area contributed by atoms with Crippen molar-refractivity contribution in [3.63, 3.8) is 0 Å². The van der Waals surface area contributed by atoms with Crippen LogP contribution < -0.4 is 4.90 Å². The SMILES string of the molecule is O=C1[C@H](CC[C@H](O)c2ccccc2)[C@@H](c2ccc(-c3cccc(S(=O)(=O)O)c3)cc2O)N1c1cccc(F)c1. The minimum Gasteiger partial charge on any atom is -0.508 e. The predicted molar refractivity (Wildman–Crippen MR) is 144 cm³/mol. The standard InChI is InChI=1S/C30H26FNO6S/c31-22-9-5-10-23(18-22)32-29(26(30(32)35)14-15-27(33)19-6-2-1-3-7-19)25-13-12-21(17-28(25)34)20-8-4-11-24(16-20)39(36,37)38/h1-13,16-18,26-27,29,33-34H,14-15H2,(H,36,37,38)/t26-,27+,29-/m1/s1. The Hall–Kier alpha value is -4.05. The van der Waals surface area contributed by atoms with Crippen molar-refractivity contribution in [1.29, 1.82) is 0 Å². The second-order valence-electron chi connectivity index (χ2n) is 9.52. The van der Waals surface area contributed by atoms with Crippen LogP contribution in [0.1, 0.15) is 36.1 Å². The lowest BCUT2D eigenvalue weighted by atomic mass is 9.77. The van der Waals surface area contributed by atoms with Gasteiger partial charge < -0.3 is 15.1 Å². The summed E-state index contributed by atoms with van der Waals surface area (Å²) >= 11 is 0. The molecule has 1 amide bonds. The number of carbonyl (C=O) groups excluding carboxylic acids is 1. The molecule has 1 saturated heterocycles. The highest BCUT2D eigenvalue weighted by molar-refractivity contribution is 7.85. The van der Waals surface area contributed by atoms with E-state index in [1.54, 1.807) is 24.3 Å². The second kappa shape index (κ2) is 10.6. The molecule has 1 fully saturated rings. The van der Waals surface area contributed by atoms with E-state index in [4.69, 9.17) is 0 Å². The highest BCUT2D eigenvalue weighted by Crippen LogP contribution is 2.49. The number of phenolic OH excluding ortho intramolecular Hbond substituents is 1. The lowest BCUT2D eigenvalue weighted by Crippen LogP contribution is -2.55. The first-order valence-electron chi connectivity index (χ1n) is 12.4. The minimum absolute atomic E-state index is 0.128. The number of β-lactam (4-membered cyclic amide) rings is 1. The topological polar surface area (TPSA) is 115 Å². The third kappa shape index (κ3) is 5.42. The number of benzene rings is 4. The van der Waals surface area contributed by atoms with Gasteiger partial charge in [-0.25, -0.2) is 4.39 Å². The fraction of sp³-hybridized carbons (Fsp3) is 0.167. The number of aliphatic hydroxyl groups excluding tert-OH is 1. The number of halogens is 1. The molecule has 4 aromatic rings. The van der Waals surface area contributed by atoms with Crippen LogP contribution in [0.25, 0.3) is 11.1 Å². The van der Waals surface area contributed by atoms with Gasteiger partial charge in [0.25, 0.3) is 10.1 Å². The van der Waals surface area contributed by atoms with E-state index >= 15 is 0 Å². The number of hydrogen-bond donors (Lipinski definition) is 3. The van der Waals surface area contributed by atoms with Crippen molar-refractivity contribution in [2.75, 3.05) is 4.90 Å². The van der Waals surface area contributed by atoms with Gasteiger partial charge in [-0.2, -0.15) is 8.42 Å². The van der Waals surface area contributed by atoms with Gasteiger partial charge in [0.2, 0.25) is 5.91 Å². The molecule has 9 heteroatoms. The van der Waals surface area contributed by atoms with E-state index in [1.807, 2.05) is 30.3 Å². The van der Waals surface area contributed by atoms with Crippen LogP contribution in [-0.2, 0) is 14.9 Å². The molecule has 0 spiro atoms. The number of nitrogens with zero attached hydrogens (tertiary/aromatic N) is 1. The maximum atomic E-state index is 14.0. The van der Waals surface area contributed by atoms with Crippen molar-refractivity contribution < 1.29 is 32.4 Å². The van der Waals surface area contributed by atoms with Crippen LogP contribution in [0.15, 0.2) is 102 Å². The Morgan fingerprint density at radius 3 is 2.28 bits per heavy atom. The summed E-state index contributed by atoms with van der Waals surface area (Å²) in [6.07, 6.45) is -0.119. The van der Waals surface area contributed by atoms with Crippen LogP contribution in [0, 0.1) is 11.7 Å². The Balaban J connectivity index is 1.47. The molecule has 0 aromatic heterocycles. The zero-order valence-corrected chi connectivity index (χ0v) is 21.5. The summed E-state index contributed by atoms with van der Waals surface area (Å²) in [5, 5.41) is 21.7. The molecule has 0 unspecified atom stereocenters. The van der Waals surface area contributed by atoms with Gasteiger partial charge in [0, 0.05) is 11.3 Å². The fourth-order valence-electron chi connectivity index (χ4n) is 5.09. The number of hydrogen-bond acceptors (Lipinski definition) is 5. The highest BCUT2D eigenvalue weighted by atomic mass is 32.2. The van der Waals surface area contributed by atoms with Gasteiger partial charge in [-0.15, -0.1) is 0 Å².